The Kier molecular flexibility index (Phi) is 16.5. The average Bonchev–Trinajstić information content (AvgIpc) is 2.56. The van der Waals surface area contributed by atoms with Crippen LogP contribution in [0.4, 0.5) is 0 Å². The molecule has 0 aromatic rings. The van der Waals surface area contributed by atoms with Gasteiger partial charge in [-0.3, -0.25) is 0 Å². The molecule has 5 nitrogen and oxygen atoms in total. The van der Waals surface area contributed by atoms with Crippen LogP contribution in [-0.2, 0) is 0 Å². The van der Waals surface area contributed by atoms with Gasteiger partial charge in [0, 0.05) is 4.91 Å². The predicted octanol–water partition coefficient (Wildman–Crippen LogP) is 5.28. The summed E-state index contributed by atoms with van der Waals surface area (Å²) >= 11 is 0. The molecule has 2 unspecified atom stereocenters. The Bertz CT molecular complexity index is 328. The van der Waals surface area contributed by atoms with Crippen LogP contribution >= 0.6 is 0 Å². The van der Waals surface area contributed by atoms with Gasteiger partial charge in [0.2, 0.25) is 0 Å². The Morgan fingerprint density at radius 3 is 1.96 bits per heavy atom. The molecule has 0 aliphatic rings. The first-order chi connectivity index (χ1) is 11.3. The van der Waals surface area contributed by atoms with Gasteiger partial charge in [0.15, 0.2) is 0 Å². The lowest BCUT2D eigenvalue weighted by atomic mass is 10.0. The molecule has 134 valence electrons. The van der Waals surface area contributed by atoms with Crippen LogP contribution in [0.2, 0.25) is 0 Å². The fourth-order valence-corrected chi connectivity index (χ4v) is 2.57. The zero-order valence-corrected chi connectivity index (χ0v) is 14.7. The summed E-state index contributed by atoms with van der Waals surface area (Å²) in [5.41, 5.74) is 8.31. The topological polar surface area (TPSA) is 89.2 Å². The minimum Gasteiger partial charge on any atom is -0.396 e. The van der Waals surface area contributed by atoms with E-state index in [4.69, 9.17) is 10.6 Å². The van der Waals surface area contributed by atoms with Crippen molar-refractivity contribution < 1.29 is 10.2 Å². The van der Waals surface area contributed by atoms with Gasteiger partial charge in [0.05, 0.1) is 18.8 Å². The molecule has 0 aromatic carbocycles. The highest BCUT2D eigenvalue weighted by Crippen LogP contribution is 2.12. The molecule has 0 aliphatic heterocycles. The molecule has 0 heterocycles. The molecule has 0 radical (unpaired) electrons. The largest absolute Gasteiger partial charge is 0.396 e. The van der Waals surface area contributed by atoms with Gasteiger partial charge < -0.3 is 10.2 Å². The van der Waals surface area contributed by atoms with Gasteiger partial charge >= 0.3 is 0 Å². The second-order valence-electron chi connectivity index (χ2n) is 6.20. The molecule has 0 amide bonds. The molecule has 0 rings (SSSR count). The van der Waals surface area contributed by atoms with Gasteiger partial charge in [-0.15, -0.1) is 0 Å². The second-order valence-corrected chi connectivity index (χ2v) is 6.20. The smallest absolute Gasteiger partial charge is 0.0900 e. The van der Waals surface area contributed by atoms with Gasteiger partial charge in [-0.1, -0.05) is 88.4 Å². The van der Waals surface area contributed by atoms with Crippen molar-refractivity contribution in [2.24, 2.45) is 5.11 Å². The molecular weight excluding hydrogens is 290 g/mol. The number of hydrogen-bond acceptors (Lipinski definition) is 3. The highest BCUT2D eigenvalue weighted by molar-refractivity contribution is 4.95. The van der Waals surface area contributed by atoms with Crippen LogP contribution in [0.1, 0.15) is 84.0 Å². The predicted molar refractivity (Wildman–Crippen MR) is 96.2 cm³/mol. The molecule has 0 saturated carbocycles. The number of unbranched alkanes of at least 4 members (excludes halogenated alkanes) is 11. The van der Waals surface area contributed by atoms with E-state index < -0.39 is 12.1 Å². The normalized spacial score (nSPS) is 13.9. The molecule has 0 aromatic heterocycles. The molecule has 0 spiro atoms. The number of hydrogen-bond donors (Lipinski definition) is 2. The fourth-order valence-electron chi connectivity index (χ4n) is 2.57. The van der Waals surface area contributed by atoms with Gasteiger partial charge in [-0.05, 0) is 18.4 Å². The summed E-state index contributed by atoms with van der Waals surface area (Å²) in [5.74, 6) is 0. The van der Waals surface area contributed by atoms with Crippen molar-refractivity contribution >= 4 is 0 Å². The summed E-state index contributed by atoms with van der Waals surface area (Å²) in [5, 5.41) is 22.0. The number of allylic oxidation sites excluding steroid dienone is 1. The first-order valence-corrected chi connectivity index (χ1v) is 9.26. The minimum absolute atomic E-state index is 0.339. The van der Waals surface area contributed by atoms with E-state index >= 15 is 0 Å². The van der Waals surface area contributed by atoms with Crippen molar-refractivity contribution in [3.8, 4) is 0 Å². The Morgan fingerprint density at radius 2 is 1.48 bits per heavy atom. The summed E-state index contributed by atoms with van der Waals surface area (Å²) in [6.45, 7) is 1.91. The standard InChI is InChI=1S/C18H35N3O2/c1-2-3-4-5-6-7-8-9-10-11-12-13-14-15-18(23)17(16-22)20-21-19/h14-15,17-18,22-23H,2-13,16H2,1H3. The van der Waals surface area contributed by atoms with Crippen molar-refractivity contribution in [1.82, 2.24) is 0 Å². The van der Waals surface area contributed by atoms with Crippen LogP contribution < -0.4 is 0 Å². The van der Waals surface area contributed by atoms with E-state index in [1.165, 1.54) is 64.2 Å². The van der Waals surface area contributed by atoms with Crippen LogP contribution in [0, 0.1) is 0 Å². The molecule has 2 atom stereocenters. The van der Waals surface area contributed by atoms with Crippen LogP contribution in [-0.4, -0.2) is 29.0 Å². The van der Waals surface area contributed by atoms with E-state index in [-0.39, 0.29) is 6.61 Å². The SMILES string of the molecule is CCCCCCCCCCCCCC=CC(O)C(CO)N=[N+]=[N-]. The Balaban J connectivity index is 3.41. The van der Waals surface area contributed by atoms with Crippen LogP contribution in [0.25, 0.3) is 10.4 Å². The third-order valence-corrected chi connectivity index (χ3v) is 4.09. The quantitative estimate of drug-likeness (QED) is 0.133. The lowest BCUT2D eigenvalue weighted by molar-refractivity contribution is 0.144. The van der Waals surface area contributed by atoms with Crippen molar-refractivity contribution in [3.05, 3.63) is 22.6 Å². The van der Waals surface area contributed by atoms with E-state index in [9.17, 15) is 5.11 Å². The second kappa shape index (κ2) is 17.3. The first kappa shape index (κ1) is 22.0. The highest BCUT2D eigenvalue weighted by Gasteiger charge is 2.12. The van der Waals surface area contributed by atoms with Crippen molar-refractivity contribution in [2.45, 2.75) is 96.1 Å². The molecule has 0 aliphatic carbocycles. The van der Waals surface area contributed by atoms with Gasteiger partial charge in [0.25, 0.3) is 0 Å². The molecule has 0 bridgehead atoms. The van der Waals surface area contributed by atoms with Gasteiger partial charge in [-0.25, -0.2) is 0 Å². The first-order valence-electron chi connectivity index (χ1n) is 9.26. The number of nitrogens with zero attached hydrogens (tertiary/aromatic N) is 3. The molecule has 2 N–H and O–H groups in total. The lowest BCUT2D eigenvalue weighted by Gasteiger charge is -2.11. The molecule has 0 fully saturated rings. The summed E-state index contributed by atoms with van der Waals surface area (Å²) in [4.78, 5) is 2.61. The van der Waals surface area contributed by atoms with Crippen molar-refractivity contribution in [3.63, 3.8) is 0 Å². The summed E-state index contributed by atoms with van der Waals surface area (Å²) in [6, 6.07) is -0.784. The Labute approximate surface area is 141 Å². The molecule has 0 saturated heterocycles. The van der Waals surface area contributed by atoms with Crippen molar-refractivity contribution in [2.75, 3.05) is 6.61 Å². The molecular formula is C18H35N3O2. The van der Waals surface area contributed by atoms with Crippen LogP contribution in [0.15, 0.2) is 17.3 Å². The third kappa shape index (κ3) is 14.3. The number of rotatable bonds is 16. The maximum atomic E-state index is 9.71. The van der Waals surface area contributed by atoms with E-state index in [0.717, 1.165) is 12.8 Å². The summed E-state index contributed by atoms with van der Waals surface area (Å²) < 4.78 is 0. The van der Waals surface area contributed by atoms with Crippen LogP contribution in [0.3, 0.4) is 0 Å². The number of aliphatic hydroxyl groups is 2. The Hall–Kier alpha value is -1.03. The minimum atomic E-state index is -0.899. The average molecular weight is 325 g/mol. The van der Waals surface area contributed by atoms with E-state index in [1.54, 1.807) is 6.08 Å². The highest BCUT2D eigenvalue weighted by atomic mass is 16.3. The fraction of sp³-hybridized carbons (Fsp3) is 0.889. The van der Waals surface area contributed by atoms with E-state index in [0.29, 0.717) is 0 Å². The Morgan fingerprint density at radius 1 is 0.957 bits per heavy atom. The maximum absolute atomic E-state index is 9.71. The third-order valence-electron chi connectivity index (χ3n) is 4.09. The number of azide groups is 1. The van der Waals surface area contributed by atoms with Gasteiger partial charge in [0.1, 0.15) is 0 Å². The number of aliphatic hydroxyl groups excluding tert-OH is 2. The lowest BCUT2D eigenvalue weighted by Crippen LogP contribution is -2.25. The summed E-state index contributed by atoms with van der Waals surface area (Å²) in [6.07, 6.45) is 18.1. The van der Waals surface area contributed by atoms with Crippen LogP contribution in [0.5, 0.6) is 0 Å². The zero-order valence-electron chi connectivity index (χ0n) is 14.7. The van der Waals surface area contributed by atoms with E-state index in [1.807, 2.05) is 6.08 Å². The van der Waals surface area contributed by atoms with Crippen molar-refractivity contribution in [1.29, 1.82) is 0 Å². The van der Waals surface area contributed by atoms with Gasteiger partial charge in [-0.2, -0.15) is 0 Å². The summed E-state index contributed by atoms with van der Waals surface area (Å²) in [7, 11) is 0. The monoisotopic (exact) mass is 325 g/mol. The molecule has 23 heavy (non-hydrogen) atoms. The maximum Gasteiger partial charge on any atom is 0.0900 e. The van der Waals surface area contributed by atoms with E-state index in [2.05, 4.69) is 16.9 Å². The molecule has 5 heteroatoms. The zero-order chi connectivity index (χ0) is 17.2.